The van der Waals surface area contributed by atoms with E-state index in [9.17, 15) is 0 Å². The van der Waals surface area contributed by atoms with E-state index in [-0.39, 0.29) is 0 Å². The maximum Gasteiger partial charge on any atom is 0.126 e. The highest BCUT2D eigenvalue weighted by Gasteiger charge is 2.11. The quantitative estimate of drug-likeness (QED) is 0.906. The zero-order valence-electron chi connectivity index (χ0n) is 9.90. The minimum atomic E-state index is 0.527. The highest BCUT2D eigenvalue weighted by Crippen LogP contribution is 2.36. The van der Waals surface area contributed by atoms with E-state index in [0.717, 1.165) is 28.2 Å². The van der Waals surface area contributed by atoms with E-state index in [1.165, 1.54) is 0 Å². The molecule has 2 N–H and O–H groups in total. The molecule has 90 valence electrons. The maximum atomic E-state index is 5.73. The Bertz CT molecular complexity index is 508. The first-order valence-corrected chi connectivity index (χ1v) is 6.22. The van der Waals surface area contributed by atoms with E-state index in [4.69, 9.17) is 15.2 Å². The molecule has 0 saturated carbocycles. The lowest BCUT2D eigenvalue weighted by Gasteiger charge is -2.10. The summed E-state index contributed by atoms with van der Waals surface area (Å²) < 4.78 is 10.6. The average Bonchev–Trinajstić information content (AvgIpc) is 2.86. The molecular weight excluding hydrogens is 234 g/mol. The van der Waals surface area contributed by atoms with Crippen molar-refractivity contribution in [1.82, 2.24) is 0 Å². The molecular formula is C13H15NO2S. The van der Waals surface area contributed by atoms with Crippen LogP contribution >= 0.6 is 11.3 Å². The number of benzene rings is 1. The van der Waals surface area contributed by atoms with Gasteiger partial charge in [0.2, 0.25) is 0 Å². The highest BCUT2D eigenvalue weighted by atomic mass is 32.1. The molecule has 1 aromatic heterocycles. The molecule has 0 aliphatic rings. The first-order valence-electron chi connectivity index (χ1n) is 5.27. The SMILES string of the molecule is COc1ccc(OC)c(-c2cscc2CN)c1. The van der Waals surface area contributed by atoms with Crippen molar-refractivity contribution in [2.45, 2.75) is 6.54 Å². The van der Waals surface area contributed by atoms with E-state index >= 15 is 0 Å². The molecule has 0 aliphatic carbocycles. The number of rotatable bonds is 4. The standard InChI is InChI=1S/C13H15NO2S/c1-15-10-3-4-13(16-2)11(5-10)12-8-17-7-9(12)6-14/h3-5,7-8H,6,14H2,1-2H3. The topological polar surface area (TPSA) is 44.5 Å². The van der Waals surface area contributed by atoms with E-state index in [1.807, 2.05) is 18.2 Å². The molecule has 2 rings (SSSR count). The van der Waals surface area contributed by atoms with Gasteiger partial charge in [-0.15, -0.1) is 0 Å². The Balaban J connectivity index is 2.56. The van der Waals surface area contributed by atoms with Gasteiger partial charge in [-0.25, -0.2) is 0 Å². The fraction of sp³-hybridized carbons (Fsp3) is 0.231. The van der Waals surface area contributed by atoms with Crippen molar-refractivity contribution in [1.29, 1.82) is 0 Å². The van der Waals surface area contributed by atoms with Crippen LogP contribution in [-0.2, 0) is 6.54 Å². The zero-order valence-corrected chi connectivity index (χ0v) is 10.7. The fourth-order valence-corrected chi connectivity index (χ4v) is 2.61. The fourth-order valence-electron chi connectivity index (χ4n) is 1.74. The Kier molecular flexibility index (Phi) is 3.66. The van der Waals surface area contributed by atoms with Crippen molar-refractivity contribution in [2.75, 3.05) is 14.2 Å². The summed E-state index contributed by atoms with van der Waals surface area (Å²) in [6, 6.07) is 5.77. The van der Waals surface area contributed by atoms with Crippen LogP contribution in [-0.4, -0.2) is 14.2 Å². The third-order valence-corrected chi connectivity index (χ3v) is 3.45. The summed E-state index contributed by atoms with van der Waals surface area (Å²) in [5, 5.41) is 4.15. The summed E-state index contributed by atoms with van der Waals surface area (Å²) in [6.45, 7) is 0.527. The predicted molar refractivity (Wildman–Crippen MR) is 70.8 cm³/mol. The van der Waals surface area contributed by atoms with Gasteiger partial charge in [0.05, 0.1) is 14.2 Å². The zero-order chi connectivity index (χ0) is 12.3. The second-order valence-electron chi connectivity index (χ2n) is 3.58. The Morgan fingerprint density at radius 3 is 2.59 bits per heavy atom. The average molecular weight is 249 g/mol. The second kappa shape index (κ2) is 5.21. The lowest BCUT2D eigenvalue weighted by Crippen LogP contribution is -1.97. The van der Waals surface area contributed by atoms with E-state index in [0.29, 0.717) is 6.54 Å². The number of hydrogen-bond donors (Lipinski definition) is 1. The number of ether oxygens (including phenoxy) is 2. The monoisotopic (exact) mass is 249 g/mol. The van der Waals surface area contributed by atoms with Gasteiger partial charge in [0.1, 0.15) is 11.5 Å². The van der Waals surface area contributed by atoms with Gasteiger partial charge in [-0.2, -0.15) is 11.3 Å². The van der Waals surface area contributed by atoms with Gasteiger partial charge < -0.3 is 15.2 Å². The van der Waals surface area contributed by atoms with Crippen molar-refractivity contribution in [3.8, 4) is 22.6 Å². The van der Waals surface area contributed by atoms with Crippen molar-refractivity contribution >= 4 is 11.3 Å². The van der Waals surface area contributed by atoms with Crippen LogP contribution in [0.3, 0.4) is 0 Å². The van der Waals surface area contributed by atoms with Gasteiger partial charge in [0, 0.05) is 17.7 Å². The van der Waals surface area contributed by atoms with Gasteiger partial charge in [-0.3, -0.25) is 0 Å². The second-order valence-corrected chi connectivity index (χ2v) is 4.32. The van der Waals surface area contributed by atoms with Gasteiger partial charge in [-0.1, -0.05) is 0 Å². The molecule has 2 aromatic rings. The Morgan fingerprint density at radius 1 is 1.12 bits per heavy atom. The van der Waals surface area contributed by atoms with Gasteiger partial charge in [0.15, 0.2) is 0 Å². The van der Waals surface area contributed by atoms with Gasteiger partial charge >= 0.3 is 0 Å². The molecule has 0 saturated heterocycles. The summed E-state index contributed by atoms with van der Waals surface area (Å²) in [4.78, 5) is 0. The van der Waals surface area contributed by atoms with E-state index < -0.39 is 0 Å². The molecule has 0 atom stereocenters. The summed E-state index contributed by atoms with van der Waals surface area (Å²) in [7, 11) is 3.32. The number of hydrogen-bond acceptors (Lipinski definition) is 4. The van der Waals surface area contributed by atoms with Crippen molar-refractivity contribution in [2.24, 2.45) is 5.73 Å². The minimum Gasteiger partial charge on any atom is -0.497 e. The van der Waals surface area contributed by atoms with Crippen LogP contribution in [0.5, 0.6) is 11.5 Å². The van der Waals surface area contributed by atoms with Crippen molar-refractivity contribution in [3.05, 3.63) is 34.5 Å². The van der Waals surface area contributed by atoms with E-state index in [1.54, 1.807) is 25.6 Å². The summed E-state index contributed by atoms with van der Waals surface area (Å²) in [5.74, 6) is 1.65. The van der Waals surface area contributed by atoms with Crippen LogP contribution < -0.4 is 15.2 Å². The van der Waals surface area contributed by atoms with Crippen molar-refractivity contribution < 1.29 is 9.47 Å². The third kappa shape index (κ3) is 2.28. The molecule has 1 aromatic carbocycles. The maximum absolute atomic E-state index is 5.73. The lowest BCUT2D eigenvalue weighted by atomic mass is 10.0. The first-order chi connectivity index (χ1) is 8.30. The summed E-state index contributed by atoms with van der Waals surface area (Å²) in [6.07, 6.45) is 0. The molecule has 3 nitrogen and oxygen atoms in total. The Labute approximate surface area is 105 Å². The van der Waals surface area contributed by atoms with Crippen LogP contribution in [0.25, 0.3) is 11.1 Å². The molecule has 4 heteroatoms. The van der Waals surface area contributed by atoms with Crippen LogP contribution in [0.1, 0.15) is 5.56 Å². The molecule has 0 radical (unpaired) electrons. The molecule has 0 fully saturated rings. The third-order valence-electron chi connectivity index (χ3n) is 2.66. The smallest absolute Gasteiger partial charge is 0.126 e. The highest BCUT2D eigenvalue weighted by molar-refractivity contribution is 7.08. The normalized spacial score (nSPS) is 10.3. The Morgan fingerprint density at radius 2 is 1.94 bits per heavy atom. The number of methoxy groups -OCH3 is 2. The van der Waals surface area contributed by atoms with Crippen LogP contribution in [0, 0.1) is 0 Å². The predicted octanol–water partition coefficient (Wildman–Crippen LogP) is 2.89. The van der Waals surface area contributed by atoms with Gasteiger partial charge in [0.25, 0.3) is 0 Å². The lowest BCUT2D eigenvalue weighted by molar-refractivity contribution is 0.404. The van der Waals surface area contributed by atoms with Crippen LogP contribution in [0.4, 0.5) is 0 Å². The number of nitrogens with two attached hydrogens (primary N) is 1. The Hall–Kier alpha value is -1.52. The molecule has 1 heterocycles. The van der Waals surface area contributed by atoms with Crippen LogP contribution in [0.2, 0.25) is 0 Å². The molecule has 0 spiro atoms. The molecule has 0 bridgehead atoms. The largest absolute Gasteiger partial charge is 0.497 e. The molecule has 0 unspecified atom stereocenters. The van der Waals surface area contributed by atoms with E-state index in [2.05, 4.69) is 10.8 Å². The summed E-state index contributed by atoms with van der Waals surface area (Å²) in [5.41, 5.74) is 9.00. The van der Waals surface area contributed by atoms with Crippen LogP contribution in [0.15, 0.2) is 29.0 Å². The van der Waals surface area contributed by atoms with Crippen molar-refractivity contribution in [3.63, 3.8) is 0 Å². The van der Waals surface area contributed by atoms with Gasteiger partial charge in [-0.05, 0) is 34.5 Å². The molecule has 0 aliphatic heterocycles. The summed E-state index contributed by atoms with van der Waals surface area (Å²) >= 11 is 1.64. The minimum absolute atomic E-state index is 0.527. The molecule has 17 heavy (non-hydrogen) atoms. The molecule has 0 amide bonds. The first kappa shape index (κ1) is 12.0. The number of thiophene rings is 1.